The number of fused-ring (bicyclic) bond motifs is 3. The number of hydrogen-bond donors (Lipinski definition) is 4. The zero-order valence-corrected chi connectivity index (χ0v) is 65.1. The number of carbonyl (C=O) groups is 11. The molecular formula is C86H110N8O12. The van der Waals surface area contributed by atoms with Crippen LogP contribution in [0.5, 0.6) is 0 Å². The zero-order valence-electron chi connectivity index (χ0n) is 65.1. The van der Waals surface area contributed by atoms with Gasteiger partial charge in [-0.25, -0.2) is 0 Å². The molecule has 4 saturated heterocycles. The maximum atomic E-state index is 12.8. The maximum Gasteiger partial charge on any atom is 0.262 e. The molecule has 0 saturated carbocycles. The van der Waals surface area contributed by atoms with Gasteiger partial charge in [0.05, 0.1) is 18.1 Å². The Kier molecular flexibility index (Phi) is 29.8. The van der Waals surface area contributed by atoms with Crippen molar-refractivity contribution in [3.05, 3.63) is 191 Å². The Bertz CT molecular complexity index is 3920. The van der Waals surface area contributed by atoms with Gasteiger partial charge in [-0.05, 0) is 122 Å². The van der Waals surface area contributed by atoms with Gasteiger partial charge in [-0.2, -0.15) is 0 Å². The third kappa shape index (κ3) is 23.7. The average molecular weight is 1450 g/mol. The van der Waals surface area contributed by atoms with Crippen molar-refractivity contribution >= 4 is 75.6 Å². The molecule has 5 aromatic carbocycles. The summed E-state index contributed by atoms with van der Waals surface area (Å²) in [5.41, 5.74) is 9.51. The first-order chi connectivity index (χ1) is 49.7. The molecule has 8 heterocycles. The fourth-order valence-corrected chi connectivity index (χ4v) is 12.4. The molecule has 4 atom stereocenters. The van der Waals surface area contributed by atoms with Gasteiger partial charge in [-0.3, -0.25) is 63.0 Å². The molecule has 0 radical (unpaired) electrons. The fraction of sp³-hybridized carbons (Fsp3) is 0.453. The van der Waals surface area contributed by atoms with E-state index in [1.165, 1.54) is 12.8 Å². The molecule has 0 aromatic heterocycles. The second-order valence-corrected chi connectivity index (χ2v) is 32.0. The topological polar surface area (TPSA) is 258 Å². The number of carbonyl (C=O) groups excluding carboxylic acids is 11. The second kappa shape index (κ2) is 37.2. The summed E-state index contributed by atoms with van der Waals surface area (Å²) in [5.74, 6) is 4.16. The zero-order chi connectivity index (χ0) is 78.8. The molecule has 10 amide bonds. The van der Waals surface area contributed by atoms with Crippen LogP contribution in [0.1, 0.15) is 243 Å². The summed E-state index contributed by atoms with van der Waals surface area (Å²) in [6, 6.07) is 32.2. The summed E-state index contributed by atoms with van der Waals surface area (Å²) in [7, 11) is 1.54. The first-order valence-corrected chi connectivity index (χ1v) is 36.5. The number of Topliss-reactive ketones (excluding diaryl/α,β-unsaturated/α-hetero) is 1. The van der Waals surface area contributed by atoms with Crippen LogP contribution in [0.25, 0.3) is 10.8 Å². The minimum atomic E-state index is -0.948. The smallest absolute Gasteiger partial charge is 0.262 e. The lowest BCUT2D eigenvalue weighted by Gasteiger charge is -2.34. The summed E-state index contributed by atoms with van der Waals surface area (Å²) in [4.78, 5) is 137. The van der Waals surface area contributed by atoms with Gasteiger partial charge in [0.25, 0.3) is 29.5 Å². The Morgan fingerprint density at radius 2 is 0.755 bits per heavy atom. The molecule has 4 unspecified atom stereocenters. The van der Waals surface area contributed by atoms with Crippen molar-refractivity contribution in [2.45, 2.75) is 218 Å². The number of hydrogen-bond acceptors (Lipinski definition) is 12. The number of ether oxygens (including phenoxy) is 1. The molecule has 20 nitrogen and oxygen atoms in total. The number of nitrogens with one attached hydrogen (secondary N) is 4. The van der Waals surface area contributed by atoms with Gasteiger partial charge in [-0.15, -0.1) is 5.92 Å². The lowest BCUT2D eigenvalue weighted by Crippen LogP contribution is -2.57. The monoisotopic (exact) mass is 1450 g/mol. The van der Waals surface area contributed by atoms with Crippen LogP contribution >= 0.6 is 0 Å². The van der Waals surface area contributed by atoms with Crippen molar-refractivity contribution in [1.29, 1.82) is 0 Å². The van der Waals surface area contributed by atoms with E-state index in [-0.39, 0.29) is 95.5 Å². The van der Waals surface area contributed by atoms with Crippen LogP contribution in [0.4, 0.5) is 0 Å². The number of amides is 10. The Hall–Kier alpha value is -10.1. The molecule has 8 aliphatic heterocycles. The van der Waals surface area contributed by atoms with Crippen LogP contribution in [-0.2, 0) is 53.1 Å². The van der Waals surface area contributed by atoms with Crippen molar-refractivity contribution in [3.8, 4) is 11.8 Å². The van der Waals surface area contributed by atoms with E-state index in [1.54, 1.807) is 46.1 Å². The van der Waals surface area contributed by atoms with E-state index in [1.807, 2.05) is 113 Å². The largest absolute Gasteiger partial charge is 0.377 e. The second-order valence-electron chi connectivity index (χ2n) is 32.0. The average Bonchev–Trinajstić information content (AvgIpc) is 1.75. The first kappa shape index (κ1) is 84.8. The van der Waals surface area contributed by atoms with Gasteiger partial charge in [0, 0.05) is 115 Å². The van der Waals surface area contributed by atoms with E-state index >= 15 is 0 Å². The van der Waals surface area contributed by atoms with Crippen LogP contribution < -0.4 is 21.3 Å². The molecule has 0 bridgehead atoms. The highest BCUT2D eigenvalue weighted by atomic mass is 16.5. The van der Waals surface area contributed by atoms with E-state index < -0.39 is 23.8 Å². The van der Waals surface area contributed by atoms with Crippen molar-refractivity contribution in [2.24, 2.45) is 21.7 Å². The van der Waals surface area contributed by atoms with Gasteiger partial charge < -0.3 is 35.4 Å². The predicted octanol–water partition coefficient (Wildman–Crippen LogP) is 14.1. The van der Waals surface area contributed by atoms with Gasteiger partial charge in [-0.1, -0.05) is 194 Å². The summed E-state index contributed by atoms with van der Waals surface area (Å²) < 4.78 is 4.70. The number of nitrogens with zero attached hydrogens (tertiary/aromatic N) is 4. The van der Waals surface area contributed by atoms with Crippen molar-refractivity contribution in [3.63, 3.8) is 0 Å². The number of rotatable bonds is 7. The van der Waals surface area contributed by atoms with Gasteiger partial charge in [0.15, 0.2) is 5.78 Å². The van der Waals surface area contributed by atoms with E-state index in [0.29, 0.717) is 109 Å². The highest BCUT2D eigenvalue weighted by Crippen LogP contribution is 2.35. The summed E-state index contributed by atoms with van der Waals surface area (Å²) in [5, 5.41) is 11.8. The van der Waals surface area contributed by atoms with Crippen LogP contribution in [-0.4, -0.2) is 122 Å². The molecule has 566 valence electrons. The van der Waals surface area contributed by atoms with Gasteiger partial charge in [0.1, 0.15) is 12.6 Å². The van der Waals surface area contributed by atoms with Crippen molar-refractivity contribution < 1.29 is 57.5 Å². The summed E-state index contributed by atoms with van der Waals surface area (Å²) in [6.45, 7) is 45.8. The minimum absolute atomic E-state index is 0.0135. The summed E-state index contributed by atoms with van der Waals surface area (Å²) >= 11 is 0. The van der Waals surface area contributed by atoms with E-state index in [2.05, 4.69) is 129 Å². The molecule has 106 heavy (non-hydrogen) atoms. The number of ketones is 1. The number of piperidine rings is 4. The Morgan fingerprint density at radius 3 is 1.02 bits per heavy atom. The standard InChI is InChI=1S/C17H12N2O4.3C14H14N2O2.C8H16O2.C7H12.2C6H14/c20-13-8-7-12(15(21)18-13)19-16(22)10-5-1-3-9-4-2-6-11(14(9)10)17(19)23;3*1-9-12(6-7-13(17)15-9)16-8-10-4-2-3-5-11(10)14(16)18;1-8(2,3)5-7(9)6-10-4;1-5-6-7(2,3)4;2*1-5-6(2,3)4/h1-6,12H,7-8H2,(H,18,20,21);3*2-5,12H,1,6-8H2,(H,15,17);5-6H2,1-4H3;1-4H3;2*5H2,1-4H3. The molecule has 4 fully saturated rings. The number of benzene rings is 5. The Morgan fingerprint density at radius 1 is 0.443 bits per heavy atom. The molecule has 20 heteroatoms. The first-order valence-electron chi connectivity index (χ1n) is 36.5. The summed E-state index contributed by atoms with van der Waals surface area (Å²) in [6.07, 6.45) is 6.72. The highest BCUT2D eigenvalue weighted by Gasteiger charge is 2.44. The predicted molar refractivity (Wildman–Crippen MR) is 414 cm³/mol. The molecule has 13 rings (SSSR count). The molecule has 0 spiro atoms. The minimum Gasteiger partial charge on any atom is -0.377 e. The SMILES string of the molecule is C=C1NC(=O)CCC1N1Cc2ccccc2C1=O.C=C1NC(=O)CCC1N1Cc2ccccc2C1=O.C=C1NC(=O)CCC1N1Cc2ccccc2C1=O.CC#CC(C)(C)C.CCC(C)(C)C.CCC(C)(C)C.COCC(=O)CC(C)(C)C.O=C1CCC(N2C(=O)c3cccc4cccc(c34)C2=O)C(=O)N1. The number of methoxy groups -OCH3 is 1. The van der Waals surface area contributed by atoms with E-state index in [4.69, 9.17) is 4.74 Å². The lowest BCUT2D eigenvalue weighted by atomic mass is 9.90. The van der Waals surface area contributed by atoms with E-state index in [0.717, 1.165) is 43.7 Å². The van der Waals surface area contributed by atoms with Crippen LogP contribution in [0.3, 0.4) is 0 Å². The fourth-order valence-electron chi connectivity index (χ4n) is 12.4. The van der Waals surface area contributed by atoms with Gasteiger partial charge >= 0.3 is 0 Å². The third-order valence-electron chi connectivity index (χ3n) is 18.7. The van der Waals surface area contributed by atoms with Crippen molar-refractivity contribution in [1.82, 2.24) is 40.9 Å². The van der Waals surface area contributed by atoms with Gasteiger partial charge in [0.2, 0.25) is 29.5 Å². The Labute approximate surface area is 627 Å². The highest BCUT2D eigenvalue weighted by molar-refractivity contribution is 6.27. The van der Waals surface area contributed by atoms with Crippen LogP contribution in [0.15, 0.2) is 146 Å². The lowest BCUT2D eigenvalue weighted by molar-refractivity contribution is -0.136. The molecule has 0 aliphatic carbocycles. The molecule has 8 aliphatic rings. The maximum absolute atomic E-state index is 12.8. The van der Waals surface area contributed by atoms with Crippen LogP contribution in [0, 0.1) is 33.5 Å². The third-order valence-corrected chi connectivity index (χ3v) is 18.7. The quantitative estimate of drug-likeness (QED) is 0.0876. The van der Waals surface area contributed by atoms with E-state index in [9.17, 15) is 52.7 Å². The molecular weight excluding hydrogens is 1340 g/mol. The Balaban J connectivity index is 0.000000198. The van der Waals surface area contributed by atoms with Crippen molar-refractivity contribution in [2.75, 3.05) is 13.7 Å². The number of imide groups is 2. The molecule has 4 N–H and O–H groups in total. The molecule has 5 aromatic rings. The normalized spacial score (nSPS) is 19.3. The van der Waals surface area contributed by atoms with Crippen LogP contribution in [0.2, 0.25) is 0 Å².